The van der Waals surface area contributed by atoms with E-state index in [0.717, 1.165) is 25.7 Å². The van der Waals surface area contributed by atoms with Crippen molar-refractivity contribution in [2.75, 3.05) is 24.7 Å². The van der Waals surface area contributed by atoms with Gasteiger partial charge in [0.05, 0.1) is 30.0 Å². The monoisotopic (exact) mass is 305 g/mol. The van der Waals surface area contributed by atoms with E-state index in [1.54, 1.807) is 6.07 Å². The Morgan fingerprint density at radius 2 is 2.14 bits per heavy atom. The number of esters is 1. The van der Waals surface area contributed by atoms with Crippen LogP contribution in [0.1, 0.15) is 31.2 Å². The quantitative estimate of drug-likeness (QED) is 0.659. The number of hydrogen-bond donors (Lipinski definition) is 2. The third-order valence-corrected chi connectivity index (χ3v) is 4.22. The Hall–Kier alpha value is -2.29. The average Bonchev–Trinajstić information content (AvgIpc) is 2.55. The van der Waals surface area contributed by atoms with Crippen LogP contribution in [0.2, 0.25) is 0 Å². The van der Waals surface area contributed by atoms with Gasteiger partial charge in [-0.1, -0.05) is 0 Å². The molecule has 0 aliphatic heterocycles. The topological polar surface area (TPSA) is 88.1 Å². The van der Waals surface area contributed by atoms with Gasteiger partial charge in [-0.05, 0) is 37.7 Å². The molecule has 1 aromatic rings. The molecule has 3 N–H and O–H groups in total. The molecule has 1 aliphatic rings. The van der Waals surface area contributed by atoms with E-state index in [1.165, 1.54) is 19.2 Å². The van der Waals surface area contributed by atoms with Gasteiger partial charge in [-0.3, -0.25) is 4.79 Å². The van der Waals surface area contributed by atoms with Gasteiger partial charge in [-0.25, -0.2) is 4.39 Å². The number of nitrogens with zero attached hydrogens (tertiary/aromatic N) is 1. The number of methoxy groups -OCH3 is 1. The molecule has 0 atom stereocenters. The largest absolute Gasteiger partial charge is 0.469 e. The van der Waals surface area contributed by atoms with E-state index < -0.39 is 5.82 Å². The van der Waals surface area contributed by atoms with Crippen molar-refractivity contribution in [2.24, 2.45) is 11.8 Å². The van der Waals surface area contributed by atoms with Gasteiger partial charge in [0.2, 0.25) is 0 Å². The molecule has 5 nitrogen and oxygen atoms in total. The van der Waals surface area contributed by atoms with Gasteiger partial charge in [-0.2, -0.15) is 5.26 Å². The molecule has 0 unspecified atom stereocenters. The van der Waals surface area contributed by atoms with E-state index in [4.69, 9.17) is 15.7 Å². The van der Waals surface area contributed by atoms with Crippen LogP contribution in [0.4, 0.5) is 15.8 Å². The lowest BCUT2D eigenvalue weighted by atomic mass is 9.82. The van der Waals surface area contributed by atoms with Crippen molar-refractivity contribution in [2.45, 2.75) is 25.7 Å². The fourth-order valence-electron chi connectivity index (χ4n) is 2.85. The van der Waals surface area contributed by atoms with Crippen LogP contribution in [0.25, 0.3) is 0 Å². The number of carbonyl (C=O) groups is 1. The summed E-state index contributed by atoms with van der Waals surface area (Å²) in [5.74, 6) is -0.295. The molecule has 0 radical (unpaired) electrons. The van der Waals surface area contributed by atoms with Gasteiger partial charge in [0.15, 0.2) is 0 Å². The SMILES string of the molecule is COC(=O)C1CCC(CNc2cc(F)c(C#N)cc2N)CC1. The van der Waals surface area contributed by atoms with Crippen molar-refractivity contribution >= 4 is 17.3 Å². The Kier molecular flexibility index (Phi) is 5.21. The summed E-state index contributed by atoms with van der Waals surface area (Å²) in [6.45, 7) is 0.670. The normalized spacial score (nSPS) is 21.0. The number of anilines is 2. The van der Waals surface area contributed by atoms with Gasteiger partial charge in [0.25, 0.3) is 0 Å². The lowest BCUT2D eigenvalue weighted by Gasteiger charge is -2.27. The fraction of sp³-hybridized carbons (Fsp3) is 0.500. The second-order valence-corrected chi connectivity index (χ2v) is 5.65. The molecular weight excluding hydrogens is 285 g/mol. The number of nitrogens with one attached hydrogen (secondary N) is 1. The van der Waals surface area contributed by atoms with Gasteiger partial charge in [0.1, 0.15) is 11.9 Å². The number of hydrogen-bond acceptors (Lipinski definition) is 5. The van der Waals surface area contributed by atoms with Crippen LogP contribution in [0.3, 0.4) is 0 Å². The van der Waals surface area contributed by atoms with Crippen molar-refractivity contribution in [3.05, 3.63) is 23.5 Å². The predicted octanol–water partition coefficient (Wildman–Crippen LogP) is 2.67. The molecule has 6 heteroatoms. The van der Waals surface area contributed by atoms with Gasteiger partial charge >= 0.3 is 5.97 Å². The standard InChI is InChI=1S/C16H20FN3O2/c1-22-16(21)11-4-2-10(3-5-11)9-20-15-7-13(17)12(8-18)6-14(15)19/h6-7,10-11,20H,2-5,9,19H2,1H3. The molecule has 2 rings (SSSR count). The van der Waals surface area contributed by atoms with Crippen LogP contribution >= 0.6 is 0 Å². The van der Waals surface area contributed by atoms with Gasteiger partial charge in [-0.15, -0.1) is 0 Å². The highest BCUT2D eigenvalue weighted by Gasteiger charge is 2.26. The average molecular weight is 305 g/mol. The van der Waals surface area contributed by atoms with E-state index in [1.807, 2.05) is 0 Å². The maximum atomic E-state index is 13.6. The number of nitriles is 1. The first-order chi connectivity index (χ1) is 10.5. The summed E-state index contributed by atoms with van der Waals surface area (Å²) < 4.78 is 18.4. The Morgan fingerprint density at radius 1 is 1.45 bits per heavy atom. The molecule has 0 heterocycles. The number of rotatable bonds is 4. The summed E-state index contributed by atoms with van der Waals surface area (Å²) in [6, 6.07) is 4.36. The highest BCUT2D eigenvalue weighted by molar-refractivity contribution is 5.72. The van der Waals surface area contributed by atoms with Crippen LogP contribution in [0.15, 0.2) is 12.1 Å². The maximum Gasteiger partial charge on any atom is 0.308 e. The van der Waals surface area contributed by atoms with E-state index in [9.17, 15) is 9.18 Å². The summed E-state index contributed by atoms with van der Waals surface area (Å²) in [4.78, 5) is 11.5. The lowest BCUT2D eigenvalue weighted by molar-refractivity contribution is -0.146. The summed E-state index contributed by atoms with van der Waals surface area (Å²) in [7, 11) is 1.41. The summed E-state index contributed by atoms with van der Waals surface area (Å²) >= 11 is 0. The molecule has 22 heavy (non-hydrogen) atoms. The zero-order valence-corrected chi connectivity index (χ0v) is 12.6. The molecule has 0 spiro atoms. The van der Waals surface area contributed by atoms with Crippen molar-refractivity contribution in [1.29, 1.82) is 5.26 Å². The van der Waals surface area contributed by atoms with Crippen LogP contribution in [-0.4, -0.2) is 19.6 Å². The van der Waals surface area contributed by atoms with E-state index >= 15 is 0 Å². The molecule has 1 aliphatic carbocycles. The first-order valence-electron chi connectivity index (χ1n) is 7.36. The van der Waals surface area contributed by atoms with Crippen LogP contribution in [-0.2, 0) is 9.53 Å². The van der Waals surface area contributed by atoms with Crippen molar-refractivity contribution in [3.8, 4) is 6.07 Å². The molecular formula is C16H20FN3O2. The second-order valence-electron chi connectivity index (χ2n) is 5.65. The van der Waals surface area contributed by atoms with Crippen LogP contribution in [0.5, 0.6) is 0 Å². The first-order valence-corrected chi connectivity index (χ1v) is 7.36. The summed E-state index contributed by atoms with van der Waals surface area (Å²) in [5.41, 5.74) is 6.63. The molecule has 0 saturated heterocycles. The smallest absolute Gasteiger partial charge is 0.308 e. The van der Waals surface area contributed by atoms with Crippen molar-refractivity contribution in [1.82, 2.24) is 0 Å². The minimum atomic E-state index is -0.575. The van der Waals surface area contributed by atoms with Crippen molar-refractivity contribution < 1.29 is 13.9 Å². The van der Waals surface area contributed by atoms with Crippen LogP contribution < -0.4 is 11.1 Å². The zero-order chi connectivity index (χ0) is 16.1. The number of nitrogens with two attached hydrogens (primary N) is 1. The van der Waals surface area contributed by atoms with Crippen molar-refractivity contribution in [3.63, 3.8) is 0 Å². The van der Waals surface area contributed by atoms with Gasteiger partial charge in [0, 0.05) is 12.6 Å². The zero-order valence-electron chi connectivity index (χ0n) is 12.6. The molecule has 1 fully saturated rings. The molecule has 0 aromatic heterocycles. The number of ether oxygens (including phenoxy) is 1. The minimum absolute atomic E-state index is 0.00123. The van der Waals surface area contributed by atoms with E-state index in [0.29, 0.717) is 23.8 Å². The minimum Gasteiger partial charge on any atom is -0.469 e. The molecule has 1 aromatic carbocycles. The summed E-state index contributed by atoms with van der Waals surface area (Å²) in [6.07, 6.45) is 3.48. The third kappa shape index (κ3) is 3.67. The van der Waals surface area contributed by atoms with Crippen LogP contribution in [0, 0.1) is 29.0 Å². The second kappa shape index (κ2) is 7.12. The van der Waals surface area contributed by atoms with Gasteiger partial charge < -0.3 is 15.8 Å². The number of carbonyl (C=O) groups excluding carboxylic acids is 1. The number of halogens is 1. The fourth-order valence-corrected chi connectivity index (χ4v) is 2.85. The molecule has 0 bridgehead atoms. The maximum absolute atomic E-state index is 13.6. The summed E-state index contributed by atoms with van der Waals surface area (Å²) in [5, 5.41) is 11.9. The molecule has 1 saturated carbocycles. The number of nitrogen functional groups attached to an aromatic ring is 1. The van der Waals surface area contributed by atoms with E-state index in [-0.39, 0.29) is 17.5 Å². The molecule has 118 valence electrons. The van der Waals surface area contributed by atoms with E-state index in [2.05, 4.69) is 5.32 Å². The Balaban J connectivity index is 1.89. The third-order valence-electron chi connectivity index (χ3n) is 4.22. The highest BCUT2D eigenvalue weighted by Crippen LogP contribution is 2.30. The first kappa shape index (κ1) is 16.1. The Bertz CT molecular complexity index is 590. The highest BCUT2D eigenvalue weighted by atomic mass is 19.1. The Labute approximate surface area is 129 Å². The molecule has 0 amide bonds. The number of benzene rings is 1. The Morgan fingerprint density at radius 3 is 2.73 bits per heavy atom. The lowest BCUT2D eigenvalue weighted by Crippen LogP contribution is -2.26. The predicted molar refractivity (Wildman–Crippen MR) is 81.5 cm³/mol.